The van der Waals surface area contributed by atoms with Gasteiger partial charge in [0.05, 0.1) is 22.7 Å². The smallest absolute Gasteiger partial charge is 0.270 e. The first kappa shape index (κ1) is 14.3. The second-order valence-corrected chi connectivity index (χ2v) is 4.98. The predicted octanol–water partition coefficient (Wildman–Crippen LogP) is 3.91. The summed E-state index contributed by atoms with van der Waals surface area (Å²) in [6.45, 7) is 2.19. The van der Waals surface area contributed by atoms with Crippen LogP contribution in [0.25, 0.3) is 0 Å². The molecule has 1 aromatic heterocycles. The molecule has 1 N–H and O–H groups in total. The van der Waals surface area contributed by atoms with E-state index in [0.29, 0.717) is 6.54 Å². The lowest BCUT2D eigenvalue weighted by molar-refractivity contribution is -0.385. The zero-order chi connectivity index (χ0) is 14.7. The fourth-order valence-corrected chi connectivity index (χ4v) is 2.39. The molecule has 0 aliphatic heterocycles. The molecule has 1 heterocycles. The van der Waals surface area contributed by atoms with Crippen molar-refractivity contribution in [3.63, 3.8) is 0 Å². The van der Waals surface area contributed by atoms with Gasteiger partial charge in [-0.25, -0.2) is 13.8 Å². The van der Waals surface area contributed by atoms with Crippen LogP contribution in [0.4, 0.5) is 20.2 Å². The summed E-state index contributed by atoms with van der Waals surface area (Å²) in [5, 5.41) is 13.5. The Morgan fingerprint density at radius 3 is 2.80 bits per heavy atom. The number of halogens is 2. The molecule has 0 atom stereocenters. The van der Waals surface area contributed by atoms with E-state index in [-0.39, 0.29) is 16.9 Å². The van der Waals surface area contributed by atoms with E-state index in [4.69, 9.17) is 0 Å². The van der Waals surface area contributed by atoms with Crippen molar-refractivity contribution in [1.82, 2.24) is 4.98 Å². The molecule has 0 saturated heterocycles. The number of hydrogen-bond acceptors (Lipinski definition) is 5. The molecule has 0 radical (unpaired) electrons. The average molecular weight is 299 g/mol. The summed E-state index contributed by atoms with van der Waals surface area (Å²) in [6.07, 6.45) is -2.78. The molecule has 0 bridgehead atoms. The fraction of sp³-hybridized carbons (Fsp3) is 0.250. The summed E-state index contributed by atoms with van der Waals surface area (Å²) >= 11 is 1.42. The van der Waals surface area contributed by atoms with Gasteiger partial charge in [-0.1, -0.05) is 0 Å². The number of rotatable bonds is 5. The highest BCUT2D eigenvalue weighted by molar-refractivity contribution is 7.09. The van der Waals surface area contributed by atoms with E-state index >= 15 is 0 Å². The van der Waals surface area contributed by atoms with Crippen LogP contribution in [0.5, 0.6) is 0 Å². The van der Waals surface area contributed by atoms with Crippen LogP contribution in [0, 0.1) is 17.0 Å². The van der Waals surface area contributed by atoms with E-state index in [9.17, 15) is 18.9 Å². The van der Waals surface area contributed by atoms with E-state index < -0.39 is 11.3 Å². The van der Waals surface area contributed by atoms with Gasteiger partial charge in [-0.3, -0.25) is 10.1 Å². The zero-order valence-electron chi connectivity index (χ0n) is 10.5. The minimum atomic E-state index is -2.78. The number of aromatic nitrogens is 1. The molecular formula is C12H11F2N3O2S. The number of aryl methyl sites for hydroxylation is 1. The van der Waals surface area contributed by atoms with Crippen molar-refractivity contribution in [3.05, 3.63) is 50.0 Å². The second kappa shape index (κ2) is 5.91. The van der Waals surface area contributed by atoms with Crippen LogP contribution >= 0.6 is 11.3 Å². The second-order valence-electron chi connectivity index (χ2n) is 4.04. The standard InChI is InChI=1S/C12H11F2N3O2S/c1-7-11(20-6-16-7)5-15-10-3-2-8(17(18)19)4-9(10)12(13)14/h2-4,6,12,15H,5H2,1H3. The quantitative estimate of drug-likeness (QED) is 0.671. The Bertz CT molecular complexity index is 631. The number of nitrogens with one attached hydrogen (secondary N) is 1. The SMILES string of the molecule is Cc1ncsc1CNc1ccc([N+](=O)[O-])cc1C(F)F. The number of nitrogens with zero attached hydrogens (tertiary/aromatic N) is 2. The predicted molar refractivity (Wildman–Crippen MR) is 72.2 cm³/mol. The highest BCUT2D eigenvalue weighted by Crippen LogP contribution is 2.31. The first-order chi connectivity index (χ1) is 9.49. The number of non-ortho nitro benzene ring substituents is 1. The third-order valence-electron chi connectivity index (χ3n) is 2.77. The van der Waals surface area contributed by atoms with Crippen LogP contribution < -0.4 is 5.32 Å². The zero-order valence-corrected chi connectivity index (χ0v) is 11.3. The van der Waals surface area contributed by atoms with Crippen LogP contribution in [0.2, 0.25) is 0 Å². The number of benzene rings is 1. The Kier molecular flexibility index (Phi) is 4.23. The maximum Gasteiger partial charge on any atom is 0.270 e. The molecule has 5 nitrogen and oxygen atoms in total. The van der Waals surface area contributed by atoms with E-state index in [1.54, 1.807) is 5.51 Å². The third kappa shape index (κ3) is 3.08. The molecule has 2 rings (SSSR count). The van der Waals surface area contributed by atoms with Gasteiger partial charge in [0.2, 0.25) is 0 Å². The summed E-state index contributed by atoms with van der Waals surface area (Å²) in [7, 11) is 0. The van der Waals surface area contributed by atoms with Crippen LogP contribution in [-0.2, 0) is 6.54 Å². The number of hydrogen-bond donors (Lipinski definition) is 1. The molecule has 106 valence electrons. The highest BCUT2D eigenvalue weighted by atomic mass is 32.1. The molecule has 0 saturated carbocycles. The molecule has 0 aliphatic rings. The van der Waals surface area contributed by atoms with Gasteiger partial charge in [-0.2, -0.15) is 0 Å². The molecule has 8 heteroatoms. The normalized spacial score (nSPS) is 10.8. The van der Waals surface area contributed by atoms with Gasteiger partial charge in [0, 0.05) is 28.3 Å². The van der Waals surface area contributed by atoms with Gasteiger partial charge >= 0.3 is 0 Å². The first-order valence-electron chi connectivity index (χ1n) is 5.68. The Morgan fingerprint density at radius 2 is 2.25 bits per heavy atom. The highest BCUT2D eigenvalue weighted by Gasteiger charge is 2.18. The molecule has 0 fully saturated rings. The molecule has 0 unspecified atom stereocenters. The van der Waals surface area contributed by atoms with Crippen molar-refractivity contribution in [2.45, 2.75) is 19.9 Å². The molecule has 0 amide bonds. The minimum absolute atomic E-state index is 0.193. The summed E-state index contributed by atoms with van der Waals surface area (Å²) in [5.41, 5.74) is 1.98. The summed E-state index contributed by atoms with van der Waals surface area (Å²) in [4.78, 5) is 14.9. The van der Waals surface area contributed by atoms with Gasteiger partial charge in [-0.05, 0) is 13.0 Å². The van der Waals surface area contributed by atoms with Crippen molar-refractivity contribution in [2.75, 3.05) is 5.32 Å². The van der Waals surface area contributed by atoms with Gasteiger partial charge in [0.15, 0.2) is 0 Å². The summed E-state index contributed by atoms with van der Waals surface area (Å²) < 4.78 is 25.9. The van der Waals surface area contributed by atoms with Crippen molar-refractivity contribution in [3.8, 4) is 0 Å². The number of thiazole rings is 1. The van der Waals surface area contributed by atoms with Crippen LogP contribution in [0.1, 0.15) is 22.6 Å². The number of alkyl halides is 2. The average Bonchev–Trinajstić information content (AvgIpc) is 2.81. The Morgan fingerprint density at radius 1 is 1.50 bits per heavy atom. The Hall–Kier alpha value is -2.09. The number of nitro groups is 1. The molecule has 0 aliphatic carbocycles. The van der Waals surface area contributed by atoms with Crippen LogP contribution in [0.15, 0.2) is 23.7 Å². The summed E-state index contributed by atoms with van der Waals surface area (Å²) in [6, 6.07) is 3.40. The van der Waals surface area contributed by atoms with Gasteiger partial charge in [0.25, 0.3) is 12.1 Å². The van der Waals surface area contributed by atoms with Crippen molar-refractivity contribution >= 4 is 22.7 Å². The maximum atomic E-state index is 12.9. The monoisotopic (exact) mass is 299 g/mol. The number of nitro benzene ring substituents is 1. The molecule has 1 aromatic carbocycles. The van der Waals surface area contributed by atoms with Crippen LogP contribution in [-0.4, -0.2) is 9.91 Å². The maximum absolute atomic E-state index is 12.9. The van der Waals surface area contributed by atoms with Crippen molar-refractivity contribution in [2.24, 2.45) is 0 Å². The molecular weight excluding hydrogens is 288 g/mol. The Labute approximate surface area is 117 Å². The van der Waals surface area contributed by atoms with E-state index in [1.165, 1.54) is 23.5 Å². The van der Waals surface area contributed by atoms with E-state index in [1.807, 2.05) is 6.92 Å². The first-order valence-corrected chi connectivity index (χ1v) is 6.56. The van der Waals surface area contributed by atoms with Gasteiger partial charge in [-0.15, -0.1) is 11.3 Å². The van der Waals surface area contributed by atoms with E-state index in [0.717, 1.165) is 16.6 Å². The Balaban J connectivity index is 2.22. The molecule has 2 aromatic rings. The topological polar surface area (TPSA) is 68.1 Å². The lowest BCUT2D eigenvalue weighted by Crippen LogP contribution is -2.03. The molecule has 0 spiro atoms. The largest absolute Gasteiger partial charge is 0.380 e. The van der Waals surface area contributed by atoms with Gasteiger partial charge in [0.1, 0.15) is 0 Å². The van der Waals surface area contributed by atoms with E-state index in [2.05, 4.69) is 10.3 Å². The number of anilines is 1. The van der Waals surface area contributed by atoms with Crippen LogP contribution in [0.3, 0.4) is 0 Å². The lowest BCUT2D eigenvalue weighted by atomic mass is 10.1. The molecule has 20 heavy (non-hydrogen) atoms. The van der Waals surface area contributed by atoms with Crippen molar-refractivity contribution < 1.29 is 13.7 Å². The lowest BCUT2D eigenvalue weighted by Gasteiger charge is -2.11. The van der Waals surface area contributed by atoms with Gasteiger partial charge < -0.3 is 5.32 Å². The summed E-state index contributed by atoms with van der Waals surface area (Å²) in [5.74, 6) is 0. The van der Waals surface area contributed by atoms with Crippen molar-refractivity contribution in [1.29, 1.82) is 0 Å². The fourth-order valence-electron chi connectivity index (χ4n) is 1.68. The third-order valence-corrected chi connectivity index (χ3v) is 3.70. The minimum Gasteiger partial charge on any atom is -0.380 e.